The van der Waals surface area contributed by atoms with Crippen LogP contribution in [0.3, 0.4) is 0 Å². The predicted octanol–water partition coefficient (Wildman–Crippen LogP) is 1.02. The summed E-state index contributed by atoms with van der Waals surface area (Å²) in [4.78, 5) is 4.21. The first-order valence-corrected chi connectivity index (χ1v) is 4.78. The Morgan fingerprint density at radius 1 is 1.40 bits per heavy atom. The molecule has 15 heavy (non-hydrogen) atoms. The first-order valence-electron chi connectivity index (χ1n) is 4.78. The van der Waals surface area contributed by atoms with E-state index < -0.39 is 0 Å². The van der Waals surface area contributed by atoms with Crippen LogP contribution in [0, 0.1) is 5.21 Å². The highest BCUT2D eigenvalue weighted by molar-refractivity contribution is 5.95. The van der Waals surface area contributed by atoms with E-state index in [0.717, 1.165) is 22.4 Å². The summed E-state index contributed by atoms with van der Waals surface area (Å²) in [6, 6.07) is 7.54. The summed E-state index contributed by atoms with van der Waals surface area (Å²) in [5, 5.41) is 10.8. The third-order valence-electron chi connectivity index (χ3n) is 2.07. The Labute approximate surface area is 88.1 Å². The Bertz CT molecular complexity index is 403. The molecule has 0 aliphatic carbocycles. The number of nitrogens with zero attached hydrogens (tertiary/aromatic N) is 2. The van der Waals surface area contributed by atoms with Crippen molar-refractivity contribution in [2.45, 2.75) is 0 Å². The van der Waals surface area contributed by atoms with E-state index in [1.807, 2.05) is 24.3 Å². The fourth-order valence-corrected chi connectivity index (χ4v) is 1.43. The van der Waals surface area contributed by atoms with Crippen LogP contribution in [0.1, 0.15) is 11.1 Å². The van der Waals surface area contributed by atoms with Crippen molar-refractivity contribution in [3.8, 4) is 0 Å². The lowest BCUT2D eigenvalue weighted by atomic mass is 10.1. The molecule has 0 saturated heterocycles. The maximum Gasteiger partial charge on any atom is 0.216 e. The smallest absolute Gasteiger partial charge is 0.216 e. The van der Waals surface area contributed by atoms with Crippen molar-refractivity contribution in [2.75, 3.05) is 20.2 Å². The lowest BCUT2D eigenvalue weighted by molar-refractivity contribution is -0.416. The molecule has 0 atom stereocenters. The van der Waals surface area contributed by atoms with Gasteiger partial charge in [-0.3, -0.25) is 0 Å². The van der Waals surface area contributed by atoms with Crippen molar-refractivity contribution in [2.24, 2.45) is 4.99 Å². The minimum absolute atomic E-state index is 0.659. The molecule has 0 unspecified atom stereocenters. The molecule has 1 aromatic carbocycles. The van der Waals surface area contributed by atoms with E-state index >= 15 is 0 Å². The summed E-state index contributed by atoms with van der Waals surface area (Å²) >= 11 is 0. The average molecular weight is 204 g/mol. The van der Waals surface area contributed by atoms with Gasteiger partial charge in [-0.2, -0.15) is 0 Å². The quantitative estimate of drug-likeness (QED) is 0.312. The zero-order valence-electron chi connectivity index (χ0n) is 8.51. The van der Waals surface area contributed by atoms with Crippen molar-refractivity contribution in [3.05, 3.63) is 40.6 Å². The first-order chi connectivity index (χ1) is 7.25. The van der Waals surface area contributed by atoms with Gasteiger partial charge in [0.1, 0.15) is 13.7 Å². The van der Waals surface area contributed by atoms with Crippen LogP contribution in [0.2, 0.25) is 0 Å². The Morgan fingerprint density at radius 3 is 2.67 bits per heavy atom. The molecule has 4 heteroatoms. The third kappa shape index (κ3) is 2.34. The molecular weight excluding hydrogens is 192 g/mol. The fourth-order valence-electron chi connectivity index (χ4n) is 1.43. The van der Waals surface area contributed by atoms with Crippen molar-refractivity contribution in [3.63, 3.8) is 0 Å². The summed E-state index contributed by atoms with van der Waals surface area (Å²) in [6.07, 6.45) is 1.51. The van der Waals surface area contributed by atoms with Gasteiger partial charge < -0.3 is 9.94 Å². The van der Waals surface area contributed by atoms with Crippen molar-refractivity contribution in [1.82, 2.24) is 0 Å². The van der Waals surface area contributed by atoms with Gasteiger partial charge in [0.2, 0.25) is 5.90 Å². The van der Waals surface area contributed by atoms with Gasteiger partial charge in [0.05, 0.1) is 6.54 Å². The maximum absolute atomic E-state index is 10.8. The topological polar surface area (TPSA) is 47.7 Å². The van der Waals surface area contributed by atoms with Crippen molar-refractivity contribution < 1.29 is 9.48 Å². The van der Waals surface area contributed by atoms with Gasteiger partial charge in [-0.05, 0) is 24.3 Å². The summed E-state index contributed by atoms with van der Waals surface area (Å²) in [5.74, 6) is 0.692. The van der Waals surface area contributed by atoms with E-state index in [9.17, 15) is 5.21 Å². The van der Waals surface area contributed by atoms with E-state index in [1.54, 1.807) is 0 Å². The van der Waals surface area contributed by atoms with Gasteiger partial charge in [0, 0.05) is 11.1 Å². The zero-order chi connectivity index (χ0) is 10.7. The highest BCUT2D eigenvalue weighted by atomic mass is 16.5. The van der Waals surface area contributed by atoms with Crippen LogP contribution in [-0.4, -0.2) is 37.1 Å². The molecule has 0 N–H and O–H groups in total. The van der Waals surface area contributed by atoms with Crippen LogP contribution < -0.4 is 0 Å². The molecule has 1 aliphatic heterocycles. The van der Waals surface area contributed by atoms with Crippen LogP contribution in [0.4, 0.5) is 0 Å². The van der Waals surface area contributed by atoms with E-state index in [2.05, 4.69) is 4.99 Å². The molecule has 78 valence electrons. The molecule has 0 saturated carbocycles. The molecule has 0 amide bonds. The molecule has 1 heterocycles. The molecule has 0 fully saturated rings. The minimum Gasteiger partial charge on any atom is -0.624 e. The standard InChI is InChI=1S/C11H12N2O2/c1-13(14)8-9-2-4-10(5-3-9)11-12-6-7-15-11/h2-5,8H,6-7H2,1H3. The number of hydrogen-bond donors (Lipinski definition) is 0. The molecular formula is C11H12N2O2. The Hall–Kier alpha value is -1.84. The van der Waals surface area contributed by atoms with Gasteiger partial charge in [-0.25, -0.2) is 9.73 Å². The first kappa shape index (κ1) is 9.71. The van der Waals surface area contributed by atoms with Gasteiger partial charge >= 0.3 is 0 Å². The number of aliphatic imine (C=N–C) groups is 1. The highest BCUT2D eigenvalue weighted by Crippen LogP contribution is 2.08. The van der Waals surface area contributed by atoms with Crippen LogP contribution >= 0.6 is 0 Å². The van der Waals surface area contributed by atoms with Crippen molar-refractivity contribution >= 4 is 12.1 Å². The number of benzene rings is 1. The molecule has 1 aliphatic rings. The number of hydroxylamine groups is 1. The predicted molar refractivity (Wildman–Crippen MR) is 58.5 cm³/mol. The lowest BCUT2D eigenvalue weighted by Crippen LogP contribution is -2.02. The third-order valence-corrected chi connectivity index (χ3v) is 2.07. The Kier molecular flexibility index (Phi) is 2.67. The molecule has 0 bridgehead atoms. The molecule has 0 radical (unpaired) electrons. The average Bonchev–Trinajstić information content (AvgIpc) is 2.71. The van der Waals surface area contributed by atoms with Crippen LogP contribution in [0.15, 0.2) is 29.3 Å². The van der Waals surface area contributed by atoms with Crippen LogP contribution in [0.25, 0.3) is 0 Å². The second-order valence-corrected chi connectivity index (χ2v) is 3.33. The van der Waals surface area contributed by atoms with E-state index in [0.29, 0.717) is 12.5 Å². The summed E-state index contributed by atoms with van der Waals surface area (Å²) in [7, 11) is 1.46. The second-order valence-electron chi connectivity index (χ2n) is 3.33. The van der Waals surface area contributed by atoms with Gasteiger partial charge in [0.25, 0.3) is 0 Å². The molecule has 2 rings (SSSR count). The lowest BCUT2D eigenvalue weighted by Gasteiger charge is -2.01. The fraction of sp³-hybridized carbons (Fsp3) is 0.273. The van der Waals surface area contributed by atoms with Crippen LogP contribution in [0.5, 0.6) is 0 Å². The number of hydrogen-bond acceptors (Lipinski definition) is 3. The van der Waals surface area contributed by atoms with Gasteiger partial charge in [-0.1, -0.05) is 0 Å². The summed E-state index contributed by atoms with van der Waals surface area (Å²) in [6.45, 7) is 1.39. The van der Waals surface area contributed by atoms with Gasteiger partial charge in [-0.15, -0.1) is 0 Å². The second kappa shape index (κ2) is 4.13. The molecule has 0 spiro atoms. The molecule has 1 aromatic rings. The van der Waals surface area contributed by atoms with E-state index in [1.165, 1.54) is 13.3 Å². The number of ether oxygens (including phenoxy) is 1. The molecule has 4 nitrogen and oxygen atoms in total. The van der Waals surface area contributed by atoms with E-state index in [4.69, 9.17) is 4.74 Å². The number of rotatable bonds is 2. The summed E-state index contributed by atoms with van der Waals surface area (Å²) in [5.41, 5.74) is 1.83. The van der Waals surface area contributed by atoms with Crippen molar-refractivity contribution in [1.29, 1.82) is 0 Å². The monoisotopic (exact) mass is 204 g/mol. The highest BCUT2D eigenvalue weighted by Gasteiger charge is 2.09. The zero-order valence-corrected chi connectivity index (χ0v) is 8.51. The summed E-state index contributed by atoms with van der Waals surface area (Å²) < 4.78 is 6.10. The van der Waals surface area contributed by atoms with E-state index in [-0.39, 0.29) is 0 Å². The SMILES string of the molecule is C[N+]([O-])=Cc1ccc(C2=NCCO2)cc1. The van der Waals surface area contributed by atoms with Crippen LogP contribution in [-0.2, 0) is 4.74 Å². The maximum atomic E-state index is 10.8. The Balaban J connectivity index is 2.20. The van der Waals surface area contributed by atoms with Gasteiger partial charge in [0.15, 0.2) is 6.21 Å². The Morgan fingerprint density at radius 2 is 2.13 bits per heavy atom. The minimum atomic E-state index is 0.659. The molecule has 0 aromatic heterocycles. The normalized spacial score (nSPS) is 16.1. The largest absolute Gasteiger partial charge is 0.624 e.